The number of aromatic nitrogens is 2. The second-order valence-electron chi connectivity index (χ2n) is 7.28. The number of anilines is 1. The van der Waals surface area contributed by atoms with Crippen LogP contribution in [0, 0.1) is 0 Å². The molecule has 166 valence electrons. The van der Waals surface area contributed by atoms with Crippen molar-refractivity contribution in [3.63, 3.8) is 0 Å². The Bertz CT molecular complexity index is 1010. The normalized spacial score (nSPS) is 13.3. The third-order valence-corrected chi connectivity index (χ3v) is 4.94. The van der Waals surface area contributed by atoms with Crippen LogP contribution in [0.2, 0.25) is 0 Å². The van der Waals surface area contributed by atoms with Crippen LogP contribution < -0.4 is 14.8 Å². The Hall–Kier alpha value is -3.65. The number of pyridine rings is 2. The van der Waals surface area contributed by atoms with E-state index in [1.54, 1.807) is 35.6 Å². The van der Waals surface area contributed by atoms with Crippen LogP contribution in [0.15, 0.2) is 67.1 Å². The molecule has 32 heavy (non-hydrogen) atoms. The molecule has 8 heteroatoms. The van der Waals surface area contributed by atoms with E-state index in [9.17, 15) is 4.79 Å². The van der Waals surface area contributed by atoms with E-state index in [1.165, 1.54) is 0 Å². The molecule has 1 saturated heterocycles. The molecule has 2 amide bonds. The molecule has 1 N–H and O–H groups in total. The fraction of sp³-hybridized carbons (Fsp3) is 0.292. The number of nitrogens with one attached hydrogen (secondary N) is 1. The molecular weight excluding hydrogens is 408 g/mol. The van der Waals surface area contributed by atoms with Gasteiger partial charge in [0.1, 0.15) is 18.5 Å². The molecule has 4 rings (SSSR count). The lowest BCUT2D eigenvalue weighted by molar-refractivity contribution is 0.0461. The molecule has 2 aromatic heterocycles. The number of carbonyl (C=O) groups excluding carboxylic acids is 1. The number of urea groups is 1. The smallest absolute Gasteiger partial charge is 0.322 e. The summed E-state index contributed by atoms with van der Waals surface area (Å²) in [6.45, 7) is 4.75. The van der Waals surface area contributed by atoms with Gasteiger partial charge in [-0.3, -0.25) is 4.98 Å². The zero-order valence-corrected chi connectivity index (χ0v) is 17.9. The molecule has 1 fully saturated rings. The maximum atomic E-state index is 12.2. The zero-order chi connectivity index (χ0) is 22.2. The highest BCUT2D eigenvalue weighted by Crippen LogP contribution is 2.25. The number of nitrogens with zero attached hydrogens (tertiary/aromatic N) is 3. The standard InChI is InChI=1S/C24H26N4O4/c1-2-30-11-12-31-21-7-3-5-18(13-21)19-8-9-23(26-14-19)32-22-16-28(17-22)24(29)27-20-6-4-10-25-15-20/h3-10,13-15,22H,2,11-12,16-17H2,1H3,(H,27,29). The van der Waals surface area contributed by atoms with Gasteiger partial charge in [0, 0.05) is 30.6 Å². The van der Waals surface area contributed by atoms with E-state index < -0.39 is 0 Å². The minimum atomic E-state index is -0.162. The van der Waals surface area contributed by atoms with Crippen LogP contribution in [0.1, 0.15) is 6.92 Å². The van der Waals surface area contributed by atoms with Gasteiger partial charge in [0.2, 0.25) is 5.88 Å². The largest absolute Gasteiger partial charge is 0.491 e. The topological polar surface area (TPSA) is 85.8 Å². The van der Waals surface area contributed by atoms with Gasteiger partial charge in [-0.15, -0.1) is 0 Å². The first-order valence-electron chi connectivity index (χ1n) is 10.6. The molecule has 8 nitrogen and oxygen atoms in total. The van der Waals surface area contributed by atoms with Gasteiger partial charge in [0.15, 0.2) is 0 Å². The van der Waals surface area contributed by atoms with Crippen LogP contribution in [0.5, 0.6) is 11.6 Å². The molecule has 0 radical (unpaired) electrons. The van der Waals surface area contributed by atoms with Crippen molar-refractivity contribution in [2.45, 2.75) is 13.0 Å². The van der Waals surface area contributed by atoms with Crippen molar-refractivity contribution < 1.29 is 19.0 Å². The van der Waals surface area contributed by atoms with E-state index in [-0.39, 0.29) is 12.1 Å². The Morgan fingerprint density at radius 2 is 2.00 bits per heavy atom. The highest BCUT2D eigenvalue weighted by molar-refractivity contribution is 5.89. The maximum Gasteiger partial charge on any atom is 0.322 e. The molecule has 0 bridgehead atoms. The van der Waals surface area contributed by atoms with Gasteiger partial charge in [-0.1, -0.05) is 12.1 Å². The lowest BCUT2D eigenvalue weighted by Gasteiger charge is -2.38. The highest BCUT2D eigenvalue weighted by atomic mass is 16.5. The molecule has 0 saturated carbocycles. The minimum absolute atomic E-state index is 0.0740. The molecule has 3 aromatic rings. The molecule has 0 aliphatic carbocycles. The van der Waals surface area contributed by atoms with Crippen LogP contribution in [0.25, 0.3) is 11.1 Å². The quantitative estimate of drug-likeness (QED) is 0.515. The molecule has 0 unspecified atom stereocenters. The monoisotopic (exact) mass is 434 g/mol. The number of ether oxygens (including phenoxy) is 3. The van der Waals surface area contributed by atoms with Gasteiger partial charge in [0.05, 0.1) is 31.6 Å². The Labute approximate surface area is 187 Å². The number of rotatable bonds is 9. The third-order valence-electron chi connectivity index (χ3n) is 4.94. The van der Waals surface area contributed by atoms with Crippen molar-refractivity contribution in [3.05, 3.63) is 67.1 Å². The average molecular weight is 434 g/mol. The second kappa shape index (κ2) is 10.6. The summed E-state index contributed by atoms with van der Waals surface area (Å²) < 4.78 is 16.9. The number of carbonyl (C=O) groups is 1. The first kappa shape index (κ1) is 21.6. The summed E-state index contributed by atoms with van der Waals surface area (Å²) in [6, 6.07) is 15.1. The van der Waals surface area contributed by atoms with Crippen LogP contribution in [-0.2, 0) is 4.74 Å². The first-order valence-corrected chi connectivity index (χ1v) is 10.6. The van der Waals surface area contributed by atoms with Gasteiger partial charge < -0.3 is 24.4 Å². The van der Waals surface area contributed by atoms with E-state index >= 15 is 0 Å². The number of hydrogen-bond donors (Lipinski definition) is 1. The summed E-state index contributed by atoms with van der Waals surface area (Å²) >= 11 is 0. The van der Waals surface area contributed by atoms with Crippen molar-refractivity contribution >= 4 is 11.7 Å². The van der Waals surface area contributed by atoms with Crippen molar-refractivity contribution in [1.29, 1.82) is 0 Å². The summed E-state index contributed by atoms with van der Waals surface area (Å²) in [5.41, 5.74) is 2.65. The molecular formula is C24H26N4O4. The lowest BCUT2D eigenvalue weighted by atomic mass is 10.1. The lowest BCUT2D eigenvalue weighted by Crippen LogP contribution is -2.57. The molecule has 1 aliphatic heterocycles. The van der Waals surface area contributed by atoms with Gasteiger partial charge in [-0.2, -0.15) is 0 Å². The van der Waals surface area contributed by atoms with E-state index in [0.29, 0.717) is 44.5 Å². The van der Waals surface area contributed by atoms with Gasteiger partial charge in [-0.05, 0) is 42.8 Å². The Kier molecular flexibility index (Phi) is 7.14. The second-order valence-corrected chi connectivity index (χ2v) is 7.28. The van der Waals surface area contributed by atoms with Crippen LogP contribution in [-0.4, -0.2) is 59.9 Å². The number of likely N-dealkylation sites (tertiary alicyclic amines) is 1. The third kappa shape index (κ3) is 5.73. The fourth-order valence-corrected chi connectivity index (χ4v) is 3.24. The predicted molar refractivity (Wildman–Crippen MR) is 121 cm³/mol. The number of benzene rings is 1. The van der Waals surface area contributed by atoms with Crippen LogP contribution in [0.3, 0.4) is 0 Å². The van der Waals surface area contributed by atoms with Gasteiger partial charge in [-0.25, -0.2) is 9.78 Å². The molecule has 0 spiro atoms. The van der Waals surface area contributed by atoms with Gasteiger partial charge >= 0.3 is 6.03 Å². The Balaban J connectivity index is 1.25. The first-order chi connectivity index (χ1) is 15.7. The van der Waals surface area contributed by atoms with E-state index in [1.807, 2.05) is 43.3 Å². The molecule has 3 heterocycles. The van der Waals surface area contributed by atoms with E-state index in [0.717, 1.165) is 16.9 Å². The average Bonchev–Trinajstić information content (AvgIpc) is 2.80. The summed E-state index contributed by atoms with van der Waals surface area (Å²) in [4.78, 5) is 22.3. The fourth-order valence-electron chi connectivity index (χ4n) is 3.24. The molecule has 1 aromatic carbocycles. The highest BCUT2D eigenvalue weighted by Gasteiger charge is 2.32. The Morgan fingerprint density at radius 1 is 1.09 bits per heavy atom. The van der Waals surface area contributed by atoms with Crippen LogP contribution >= 0.6 is 0 Å². The van der Waals surface area contributed by atoms with Crippen molar-refractivity contribution in [3.8, 4) is 22.8 Å². The maximum absolute atomic E-state index is 12.2. The van der Waals surface area contributed by atoms with Gasteiger partial charge in [0.25, 0.3) is 0 Å². The summed E-state index contributed by atoms with van der Waals surface area (Å²) in [5.74, 6) is 1.33. The van der Waals surface area contributed by atoms with E-state index in [4.69, 9.17) is 14.2 Å². The molecule has 0 atom stereocenters. The summed E-state index contributed by atoms with van der Waals surface area (Å²) in [5, 5.41) is 2.81. The predicted octanol–water partition coefficient (Wildman–Crippen LogP) is 3.85. The van der Waals surface area contributed by atoms with Crippen molar-refractivity contribution in [1.82, 2.24) is 14.9 Å². The van der Waals surface area contributed by atoms with Crippen LogP contribution in [0.4, 0.5) is 10.5 Å². The minimum Gasteiger partial charge on any atom is -0.491 e. The summed E-state index contributed by atoms with van der Waals surface area (Å²) in [6.07, 6.45) is 4.98. The Morgan fingerprint density at radius 3 is 2.75 bits per heavy atom. The van der Waals surface area contributed by atoms with E-state index in [2.05, 4.69) is 15.3 Å². The number of hydrogen-bond acceptors (Lipinski definition) is 6. The number of amides is 2. The molecule has 1 aliphatic rings. The summed E-state index contributed by atoms with van der Waals surface area (Å²) in [7, 11) is 0. The van der Waals surface area contributed by atoms with Crippen molar-refractivity contribution in [2.75, 3.05) is 38.2 Å². The zero-order valence-electron chi connectivity index (χ0n) is 17.9. The van der Waals surface area contributed by atoms with Crippen molar-refractivity contribution in [2.24, 2.45) is 0 Å². The SMILES string of the molecule is CCOCCOc1cccc(-c2ccc(OC3CN(C(=O)Nc4cccnc4)C3)nc2)c1.